The van der Waals surface area contributed by atoms with Gasteiger partial charge in [0.1, 0.15) is 18.2 Å². The molecular formula is C20H21FN4O4S. The lowest BCUT2D eigenvalue weighted by atomic mass is 9.98. The van der Waals surface area contributed by atoms with Gasteiger partial charge in [-0.05, 0) is 43.4 Å². The standard InChI is InChI=1S/C20H21FN4O4S/c1-11-8-13(17-15(21)6-5-7-16(17)28-4)14(9-22-11)18(26)23-19-24-25-20(30-19)29-10-12(2)27-3/h5-9,12H,10H2,1-4H3,(H,23,24,26)/t12-/m1/s1. The molecule has 0 unspecified atom stereocenters. The van der Waals surface area contributed by atoms with Crippen LogP contribution in [-0.4, -0.2) is 48.0 Å². The van der Waals surface area contributed by atoms with E-state index in [-0.39, 0.29) is 22.4 Å². The van der Waals surface area contributed by atoms with Gasteiger partial charge in [0.05, 0.1) is 24.3 Å². The van der Waals surface area contributed by atoms with Gasteiger partial charge in [-0.1, -0.05) is 11.2 Å². The van der Waals surface area contributed by atoms with Crippen LogP contribution >= 0.6 is 11.3 Å². The van der Waals surface area contributed by atoms with E-state index in [1.807, 2.05) is 6.92 Å². The molecule has 0 spiro atoms. The Kier molecular flexibility index (Phi) is 6.91. The molecule has 1 N–H and O–H groups in total. The molecule has 0 saturated heterocycles. The summed E-state index contributed by atoms with van der Waals surface area (Å²) in [5.41, 5.74) is 1.36. The van der Waals surface area contributed by atoms with Crippen LogP contribution in [-0.2, 0) is 4.74 Å². The van der Waals surface area contributed by atoms with E-state index in [2.05, 4.69) is 20.5 Å². The number of hydrogen-bond acceptors (Lipinski definition) is 8. The second-order valence-corrected chi connectivity index (χ2v) is 7.31. The molecule has 1 amide bonds. The van der Waals surface area contributed by atoms with Crippen molar-refractivity contribution in [2.75, 3.05) is 26.1 Å². The maximum Gasteiger partial charge on any atom is 0.295 e. The van der Waals surface area contributed by atoms with Gasteiger partial charge in [0.25, 0.3) is 11.1 Å². The summed E-state index contributed by atoms with van der Waals surface area (Å²) in [5, 5.41) is 11.0. The van der Waals surface area contributed by atoms with Crippen molar-refractivity contribution in [1.82, 2.24) is 15.2 Å². The smallest absolute Gasteiger partial charge is 0.295 e. The molecule has 2 aromatic heterocycles. The number of anilines is 1. The average Bonchev–Trinajstić information content (AvgIpc) is 3.18. The highest BCUT2D eigenvalue weighted by molar-refractivity contribution is 7.17. The fourth-order valence-electron chi connectivity index (χ4n) is 2.62. The SMILES string of the molecule is COc1cccc(F)c1-c1cc(C)ncc1C(=O)Nc1nnc(OC[C@@H](C)OC)s1. The van der Waals surface area contributed by atoms with Crippen LogP contribution in [0.15, 0.2) is 30.5 Å². The topological polar surface area (TPSA) is 95.5 Å². The van der Waals surface area contributed by atoms with E-state index in [1.165, 1.54) is 19.4 Å². The van der Waals surface area contributed by atoms with Crippen LogP contribution in [0.2, 0.25) is 0 Å². The first-order chi connectivity index (χ1) is 14.4. The van der Waals surface area contributed by atoms with Crippen LogP contribution in [0.5, 0.6) is 10.9 Å². The first kappa shape index (κ1) is 21.6. The summed E-state index contributed by atoms with van der Waals surface area (Å²) in [7, 11) is 3.02. The second kappa shape index (κ2) is 9.59. The molecule has 0 radical (unpaired) electrons. The van der Waals surface area contributed by atoms with E-state index in [9.17, 15) is 9.18 Å². The summed E-state index contributed by atoms with van der Waals surface area (Å²) in [6.07, 6.45) is 1.29. The fraction of sp³-hybridized carbons (Fsp3) is 0.300. The maximum atomic E-state index is 14.6. The minimum absolute atomic E-state index is 0.108. The maximum absolute atomic E-state index is 14.6. The fourth-order valence-corrected chi connectivity index (χ4v) is 3.22. The quantitative estimate of drug-likeness (QED) is 0.580. The number of nitrogens with zero attached hydrogens (tertiary/aromatic N) is 3. The number of hydrogen-bond donors (Lipinski definition) is 1. The molecule has 1 aromatic carbocycles. The van der Waals surface area contributed by atoms with Gasteiger partial charge < -0.3 is 14.2 Å². The zero-order valence-corrected chi connectivity index (χ0v) is 17.7. The molecule has 0 aliphatic carbocycles. The van der Waals surface area contributed by atoms with Crippen LogP contribution in [0.3, 0.4) is 0 Å². The van der Waals surface area contributed by atoms with E-state index < -0.39 is 11.7 Å². The van der Waals surface area contributed by atoms with Crippen LogP contribution < -0.4 is 14.8 Å². The highest BCUT2D eigenvalue weighted by Gasteiger charge is 2.21. The van der Waals surface area contributed by atoms with Crippen molar-refractivity contribution >= 4 is 22.4 Å². The third-order valence-electron chi connectivity index (χ3n) is 4.22. The number of aromatic nitrogens is 3. The summed E-state index contributed by atoms with van der Waals surface area (Å²) >= 11 is 1.07. The molecule has 10 heteroatoms. The number of halogens is 1. The summed E-state index contributed by atoms with van der Waals surface area (Å²) in [6.45, 7) is 3.92. The third kappa shape index (κ3) is 4.89. The number of carbonyl (C=O) groups excluding carboxylic acids is 1. The number of carbonyl (C=O) groups is 1. The van der Waals surface area contributed by atoms with Gasteiger partial charge in [-0.2, -0.15) is 0 Å². The number of aryl methyl sites for hydroxylation is 1. The number of amides is 1. The van der Waals surface area contributed by atoms with E-state index in [0.29, 0.717) is 28.8 Å². The third-order valence-corrected chi connectivity index (χ3v) is 4.97. The number of nitrogens with one attached hydrogen (secondary N) is 1. The summed E-state index contributed by atoms with van der Waals surface area (Å²) in [5.74, 6) is -0.697. The van der Waals surface area contributed by atoms with Gasteiger partial charge in [0, 0.05) is 24.6 Å². The lowest BCUT2D eigenvalue weighted by Gasteiger charge is -2.14. The summed E-state index contributed by atoms with van der Waals surface area (Å²) in [4.78, 5) is 17.1. The van der Waals surface area contributed by atoms with Crippen molar-refractivity contribution in [3.05, 3.63) is 47.5 Å². The van der Waals surface area contributed by atoms with Gasteiger partial charge in [-0.25, -0.2) is 4.39 Å². The zero-order valence-electron chi connectivity index (χ0n) is 16.9. The molecule has 2 heterocycles. The van der Waals surface area contributed by atoms with Crippen molar-refractivity contribution in [2.24, 2.45) is 0 Å². The van der Waals surface area contributed by atoms with Crippen molar-refractivity contribution in [1.29, 1.82) is 0 Å². The van der Waals surface area contributed by atoms with Crippen molar-refractivity contribution in [2.45, 2.75) is 20.0 Å². The predicted molar refractivity (Wildman–Crippen MR) is 111 cm³/mol. The number of methoxy groups -OCH3 is 2. The Morgan fingerprint density at radius 3 is 2.83 bits per heavy atom. The Balaban J connectivity index is 1.87. The van der Waals surface area contributed by atoms with Crippen LogP contribution in [0, 0.1) is 12.7 Å². The number of rotatable bonds is 8. The molecule has 0 aliphatic rings. The van der Waals surface area contributed by atoms with Crippen LogP contribution in [0.25, 0.3) is 11.1 Å². The minimum Gasteiger partial charge on any atom is -0.496 e. The molecule has 0 aliphatic heterocycles. The Morgan fingerprint density at radius 2 is 2.10 bits per heavy atom. The zero-order chi connectivity index (χ0) is 21.7. The molecule has 0 fully saturated rings. The Labute approximate surface area is 177 Å². The molecule has 3 rings (SSSR count). The second-order valence-electron chi connectivity index (χ2n) is 6.37. The van der Waals surface area contributed by atoms with Crippen molar-refractivity contribution in [3.63, 3.8) is 0 Å². The van der Waals surface area contributed by atoms with Gasteiger partial charge in [0.15, 0.2) is 0 Å². The highest BCUT2D eigenvalue weighted by atomic mass is 32.1. The first-order valence-corrected chi connectivity index (χ1v) is 9.84. The van der Waals surface area contributed by atoms with Gasteiger partial charge >= 0.3 is 0 Å². The Morgan fingerprint density at radius 1 is 1.30 bits per heavy atom. The molecule has 3 aromatic rings. The van der Waals surface area contributed by atoms with Gasteiger partial charge in [0.2, 0.25) is 5.13 Å². The molecule has 0 bridgehead atoms. The lowest BCUT2D eigenvalue weighted by Crippen LogP contribution is -2.15. The highest BCUT2D eigenvalue weighted by Crippen LogP contribution is 2.35. The molecule has 1 atom stereocenters. The first-order valence-electron chi connectivity index (χ1n) is 9.03. The van der Waals surface area contributed by atoms with Gasteiger partial charge in [-0.3, -0.25) is 15.1 Å². The minimum atomic E-state index is -0.507. The van der Waals surface area contributed by atoms with E-state index >= 15 is 0 Å². The Bertz CT molecular complexity index is 1040. The Hall–Kier alpha value is -3.11. The summed E-state index contributed by atoms with van der Waals surface area (Å²) < 4.78 is 30.5. The predicted octanol–water partition coefficient (Wildman–Crippen LogP) is 3.72. The monoisotopic (exact) mass is 432 g/mol. The average molecular weight is 432 g/mol. The van der Waals surface area contributed by atoms with E-state index in [4.69, 9.17) is 14.2 Å². The largest absolute Gasteiger partial charge is 0.496 e. The van der Waals surface area contributed by atoms with Crippen molar-refractivity contribution in [3.8, 4) is 22.1 Å². The molecule has 0 saturated carbocycles. The van der Waals surface area contributed by atoms with Crippen molar-refractivity contribution < 1.29 is 23.4 Å². The van der Waals surface area contributed by atoms with E-state index in [1.54, 1.807) is 32.2 Å². The number of pyridine rings is 1. The molecule has 8 nitrogen and oxygen atoms in total. The normalized spacial score (nSPS) is 11.8. The molecular weight excluding hydrogens is 411 g/mol. The van der Waals surface area contributed by atoms with Gasteiger partial charge in [-0.15, -0.1) is 5.10 Å². The molecule has 30 heavy (non-hydrogen) atoms. The number of ether oxygens (including phenoxy) is 3. The summed E-state index contributed by atoms with van der Waals surface area (Å²) in [6, 6.07) is 6.12. The molecule has 158 valence electrons. The van der Waals surface area contributed by atoms with Crippen LogP contribution in [0.1, 0.15) is 23.0 Å². The van der Waals surface area contributed by atoms with E-state index in [0.717, 1.165) is 11.3 Å². The van der Waals surface area contributed by atoms with Crippen LogP contribution in [0.4, 0.5) is 9.52 Å². The lowest BCUT2D eigenvalue weighted by molar-refractivity contribution is 0.0713. The number of benzene rings is 1.